The molecule has 0 aliphatic heterocycles. The molecule has 0 fully saturated rings. The minimum Gasteiger partial charge on any atom is -0.392 e. The van der Waals surface area contributed by atoms with Crippen molar-refractivity contribution >= 4 is 16.0 Å². The Morgan fingerprint density at radius 3 is 2.60 bits per heavy atom. The van der Waals surface area contributed by atoms with Crippen LogP contribution < -0.4 is 4.72 Å². The van der Waals surface area contributed by atoms with E-state index in [9.17, 15) is 13.5 Å². The molecule has 106 valence electrons. The Morgan fingerprint density at radius 2 is 2.00 bits per heavy atom. The number of benzene rings is 1. The smallest absolute Gasteiger partial charge is 0.264 e. The Morgan fingerprint density at radius 1 is 1.25 bits per heavy atom. The Labute approximate surface area is 116 Å². The second-order valence-electron chi connectivity index (χ2n) is 4.27. The van der Waals surface area contributed by atoms with Crippen LogP contribution in [0.5, 0.6) is 0 Å². The molecule has 7 nitrogen and oxygen atoms in total. The summed E-state index contributed by atoms with van der Waals surface area (Å²) in [4.78, 5) is 3.86. The van der Waals surface area contributed by atoms with E-state index < -0.39 is 10.0 Å². The first-order chi connectivity index (χ1) is 9.44. The average molecular weight is 294 g/mol. The summed E-state index contributed by atoms with van der Waals surface area (Å²) >= 11 is 0. The average Bonchev–Trinajstić information content (AvgIpc) is 2.42. The molecule has 0 saturated carbocycles. The highest BCUT2D eigenvalue weighted by Gasteiger charge is 2.20. The fourth-order valence-corrected chi connectivity index (χ4v) is 3.05. The van der Waals surface area contributed by atoms with Crippen molar-refractivity contribution < 1.29 is 13.5 Å². The number of aliphatic hydroxyl groups is 1. The van der Waals surface area contributed by atoms with Crippen molar-refractivity contribution in [2.45, 2.75) is 25.3 Å². The molecular weight excluding hydrogens is 280 g/mol. The van der Waals surface area contributed by atoms with Crippen LogP contribution in [0.1, 0.15) is 16.7 Å². The molecule has 1 aromatic heterocycles. The third-order valence-electron chi connectivity index (χ3n) is 2.86. The van der Waals surface area contributed by atoms with Crippen LogP contribution in [0.2, 0.25) is 0 Å². The molecule has 0 aliphatic carbocycles. The molecule has 20 heavy (non-hydrogen) atoms. The van der Waals surface area contributed by atoms with E-state index in [-0.39, 0.29) is 17.5 Å². The normalized spacial score (nSPS) is 11.3. The van der Waals surface area contributed by atoms with Gasteiger partial charge < -0.3 is 5.11 Å². The van der Waals surface area contributed by atoms with E-state index in [1.807, 2.05) is 0 Å². The summed E-state index contributed by atoms with van der Waals surface area (Å²) in [6, 6.07) is 3.18. The number of hydrogen-bond acceptors (Lipinski definition) is 6. The van der Waals surface area contributed by atoms with Crippen LogP contribution in [0.15, 0.2) is 29.4 Å². The van der Waals surface area contributed by atoms with Crippen molar-refractivity contribution in [3.63, 3.8) is 0 Å². The lowest BCUT2D eigenvalue weighted by Crippen LogP contribution is -2.17. The van der Waals surface area contributed by atoms with Crippen LogP contribution in [0, 0.1) is 13.8 Å². The van der Waals surface area contributed by atoms with Gasteiger partial charge in [0.15, 0.2) is 0 Å². The summed E-state index contributed by atoms with van der Waals surface area (Å²) in [5.74, 6) is -0.0982. The van der Waals surface area contributed by atoms with Crippen LogP contribution in [0.4, 0.5) is 5.95 Å². The van der Waals surface area contributed by atoms with Crippen molar-refractivity contribution in [1.82, 2.24) is 15.2 Å². The number of aryl methyl sites for hydroxylation is 1. The Balaban J connectivity index is 2.47. The lowest BCUT2D eigenvalue weighted by molar-refractivity contribution is 0.281. The highest BCUT2D eigenvalue weighted by molar-refractivity contribution is 7.92. The first-order valence-electron chi connectivity index (χ1n) is 5.81. The maximum absolute atomic E-state index is 12.3. The van der Waals surface area contributed by atoms with Crippen LogP contribution >= 0.6 is 0 Å². The first kappa shape index (κ1) is 14.4. The molecule has 8 heteroatoms. The minimum absolute atomic E-state index is 0.0917. The van der Waals surface area contributed by atoms with Gasteiger partial charge in [0.1, 0.15) is 0 Å². The quantitative estimate of drug-likeness (QED) is 0.863. The third kappa shape index (κ3) is 2.91. The Kier molecular flexibility index (Phi) is 3.96. The van der Waals surface area contributed by atoms with E-state index in [1.54, 1.807) is 19.9 Å². The molecule has 2 rings (SSSR count). The van der Waals surface area contributed by atoms with E-state index in [4.69, 9.17) is 0 Å². The third-order valence-corrected chi connectivity index (χ3v) is 4.31. The zero-order valence-corrected chi connectivity index (χ0v) is 11.8. The second-order valence-corrected chi connectivity index (χ2v) is 5.92. The maximum Gasteiger partial charge on any atom is 0.264 e. The zero-order valence-electron chi connectivity index (χ0n) is 11.0. The largest absolute Gasteiger partial charge is 0.392 e. The molecule has 0 bridgehead atoms. The molecule has 2 N–H and O–H groups in total. The SMILES string of the molecule is Cc1cc(CO)cc(S(=O)(=O)Nc2nccnn2)c1C. The molecule has 1 heterocycles. The van der Waals surface area contributed by atoms with E-state index in [2.05, 4.69) is 19.9 Å². The maximum atomic E-state index is 12.3. The molecule has 0 aliphatic rings. The van der Waals surface area contributed by atoms with Gasteiger partial charge in [-0.1, -0.05) is 6.07 Å². The van der Waals surface area contributed by atoms with Gasteiger partial charge in [-0.3, -0.25) is 0 Å². The molecule has 0 spiro atoms. The second kappa shape index (κ2) is 5.51. The standard InChI is InChI=1S/C12H14N4O3S/c1-8-5-10(7-17)6-11(9(8)2)20(18,19)16-12-13-3-4-14-15-12/h3-6,17H,7H2,1-2H3,(H,13,15,16). The first-order valence-corrected chi connectivity index (χ1v) is 7.30. The lowest BCUT2D eigenvalue weighted by atomic mass is 10.1. The number of nitrogens with zero attached hydrogens (tertiary/aromatic N) is 3. The summed E-state index contributed by atoms with van der Waals surface area (Å²) in [6.45, 7) is 3.26. The summed E-state index contributed by atoms with van der Waals surface area (Å²) < 4.78 is 26.9. The van der Waals surface area contributed by atoms with E-state index in [1.165, 1.54) is 18.5 Å². The Bertz CT molecular complexity index is 717. The van der Waals surface area contributed by atoms with Gasteiger partial charge in [-0.2, -0.15) is 5.10 Å². The molecule has 0 amide bonds. The van der Waals surface area contributed by atoms with Crippen LogP contribution in [0.3, 0.4) is 0 Å². The summed E-state index contributed by atoms with van der Waals surface area (Å²) in [6.07, 6.45) is 2.69. The number of rotatable bonds is 4. The predicted octanol–water partition coefficient (Wildman–Crippen LogP) is 0.782. The molecule has 0 radical (unpaired) electrons. The number of aliphatic hydroxyl groups excluding tert-OH is 1. The van der Waals surface area contributed by atoms with Crippen LogP contribution in [0.25, 0.3) is 0 Å². The topological polar surface area (TPSA) is 105 Å². The van der Waals surface area contributed by atoms with Crippen molar-refractivity contribution in [3.05, 3.63) is 41.2 Å². The van der Waals surface area contributed by atoms with Gasteiger partial charge in [-0.25, -0.2) is 18.1 Å². The fourth-order valence-electron chi connectivity index (χ4n) is 1.74. The highest BCUT2D eigenvalue weighted by Crippen LogP contribution is 2.22. The van der Waals surface area contributed by atoms with Gasteiger partial charge in [0.05, 0.1) is 23.9 Å². The van der Waals surface area contributed by atoms with Crippen molar-refractivity contribution in [2.24, 2.45) is 0 Å². The molecule has 0 atom stereocenters. The predicted molar refractivity (Wildman–Crippen MR) is 72.5 cm³/mol. The number of hydrogen-bond donors (Lipinski definition) is 2. The minimum atomic E-state index is -3.83. The summed E-state index contributed by atoms with van der Waals surface area (Å²) in [5, 5.41) is 16.3. The van der Waals surface area contributed by atoms with Crippen LogP contribution in [-0.2, 0) is 16.6 Å². The number of sulfonamides is 1. The molecule has 1 aromatic carbocycles. The summed E-state index contributed by atoms with van der Waals surface area (Å²) in [7, 11) is -3.83. The van der Waals surface area contributed by atoms with Crippen molar-refractivity contribution in [3.8, 4) is 0 Å². The molecule has 2 aromatic rings. The van der Waals surface area contributed by atoms with E-state index >= 15 is 0 Å². The van der Waals surface area contributed by atoms with Gasteiger partial charge in [0, 0.05) is 0 Å². The zero-order chi connectivity index (χ0) is 14.8. The van der Waals surface area contributed by atoms with Crippen LogP contribution in [-0.4, -0.2) is 28.7 Å². The van der Waals surface area contributed by atoms with Gasteiger partial charge in [0.25, 0.3) is 16.0 Å². The monoisotopic (exact) mass is 294 g/mol. The molecule has 0 unspecified atom stereocenters. The van der Waals surface area contributed by atoms with E-state index in [0.29, 0.717) is 11.1 Å². The number of aromatic nitrogens is 3. The highest BCUT2D eigenvalue weighted by atomic mass is 32.2. The van der Waals surface area contributed by atoms with Gasteiger partial charge in [-0.15, -0.1) is 5.10 Å². The fraction of sp³-hybridized carbons (Fsp3) is 0.250. The van der Waals surface area contributed by atoms with E-state index in [0.717, 1.165) is 5.56 Å². The van der Waals surface area contributed by atoms with Gasteiger partial charge >= 0.3 is 0 Å². The molecule has 0 saturated heterocycles. The van der Waals surface area contributed by atoms with Crippen molar-refractivity contribution in [1.29, 1.82) is 0 Å². The molecular formula is C12H14N4O3S. The number of nitrogens with one attached hydrogen (secondary N) is 1. The number of anilines is 1. The van der Waals surface area contributed by atoms with Gasteiger partial charge in [0.2, 0.25) is 0 Å². The lowest BCUT2D eigenvalue weighted by Gasteiger charge is -2.12. The Hall–Kier alpha value is -2.06. The summed E-state index contributed by atoms with van der Waals surface area (Å²) in [5.41, 5.74) is 1.92. The van der Waals surface area contributed by atoms with Gasteiger partial charge in [-0.05, 0) is 36.6 Å². The van der Waals surface area contributed by atoms with Crippen molar-refractivity contribution in [2.75, 3.05) is 4.72 Å².